The van der Waals surface area contributed by atoms with Crippen LogP contribution in [0, 0.1) is 9.39 Å². The summed E-state index contributed by atoms with van der Waals surface area (Å²) in [4.78, 5) is 4.41. The van der Waals surface area contributed by atoms with Gasteiger partial charge in [-0.15, -0.1) is 11.6 Å². The summed E-state index contributed by atoms with van der Waals surface area (Å²) >= 11 is 14.0. The van der Waals surface area contributed by atoms with Crippen molar-refractivity contribution in [2.24, 2.45) is 0 Å². The molecule has 0 saturated heterocycles. The molecule has 0 saturated carbocycles. The smallest absolute Gasteiger partial charge is 0.144 e. The summed E-state index contributed by atoms with van der Waals surface area (Å²) in [6, 6.07) is 10.8. The van der Waals surface area contributed by atoms with E-state index in [1.54, 1.807) is 0 Å². The first-order valence-electron chi connectivity index (χ1n) is 5.78. The average molecular weight is 421 g/mol. The van der Waals surface area contributed by atoms with Crippen LogP contribution in [0.3, 0.4) is 0 Å². The molecule has 0 N–H and O–H groups in total. The summed E-state index contributed by atoms with van der Waals surface area (Å²) in [6.45, 7) is 0. The number of nitrogens with zero attached hydrogens (tertiary/aromatic N) is 2. The van der Waals surface area contributed by atoms with Gasteiger partial charge in [-0.2, -0.15) is 0 Å². The molecule has 0 amide bonds. The van der Waals surface area contributed by atoms with Gasteiger partial charge >= 0.3 is 0 Å². The summed E-state index contributed by atoms with van der Waals surface area (Å²) in [5.74, 6) is 0.427. The topological polar surface area (TPSA) is 17.8 Å². The minimum absolute atomic E-state index is 0.0610. The van der Waals surface area contributed by atoms with Crippen molar-refractivity contribution in [1.29, 1.82) is 0 Å². The van der Waals surface area contributed by atoms with Crippen LogP contribution in [-0.4, -0.2) is 9.55 Å². The third-order valence-corrected chi connectivity index (χ3v) is 4.22. The minimum atomic E-state index is -0.466. The monoisotopic (exact) mass is 420 g/mol. The van der Waals surface area contributed by atoms with Crippen molar-refractivity contribution in [2.45, 2.75) is 5.88 Å². The molecule has 2 nitrogen and oxygen atoms in total. The summed E-state index contributed by atoms with van der Waals surface area (Å²) in [5, 5.41) is 0.0610. The molecule has 0 unspecified atom stereocenters. The van der Waals surface area contributed by atoms with Gasteiger partial charge in [0.25, 0.3) is 0 Å². The molecule has 0 aliphatic carbocycles. The second-order valence-corrected chi connectivity index (χ2v) is 6.15. The first-order chi connectivity index (χ1) is 9.60. The number of aromatic nitrogens is 2. The quantitative estimate of drug-likeness (QED) is 0.413. The van der Waals surface area contributed by atoms with Gasteiger partial charge in [0.1, 0.15) is 11.6 Å². The lowest BCUT2D eigenvalue weighted by Gasteiger charge is -2.08. The van der Waals surface area contributed by atoms with Crippen molar-refractivity contribution >= 4 is 56.8 Å². The first-order valence-corrected chi connectivity index (χ1v) is 7.77. The highest BCUT2D eigenvalue weighted by molar-refractivity contribution is 14.1. The fourth-order valence-electron chi connectivity index (χ4n) is 2.09. The van der Waals surface area contributed by atoms with E-state index in [1.807, 2.05) is 28.8 Å². The van der Waals surface area contributed by atoms with E-state index >= 15 is 0 Å². The number of benzene rings is 2. The number of hydrogen-bond donors (Lipinski definition) is 0. The molecule has 0 bridgehead atoms. The van der Waals surface area contributed by atoms with Gasteiger partial charge in [0, 0.05) is 15.3 Å². The van der Waals surface area contributed by atoms with E-state index in [4.69, 9.17) is 23.2 Å². The number of alkyl halides is 1. The van der Waals surface area contributed by atoms with E-state index in [0.29, 0.717) is 16.9 Å². The lowest BCUT2D eigenvalue weighted by atomic mass is 10.2. The van der Waals surface area contributed by atoms with Crippen LogP contribution in [0.25, 0.3) is 16.7 Å². The first kappa shape index (κ1) is 14.1. The van der Waals surface area contributed by atoms with E-state index in [9.17, 15) is 4.39 Å². The molecule has 0 spiro atoms. The Hall–Kier alpha value is -0.850. The molecule has 0 aliphatic rings. The Morgan fingerprint density at radius 3 is 2.55 bits per heavy atom. The Balaban J connectivity index is 2.32. The molecule has 102 valence electrons. The highest BCUT2D eigenvalue weighted by Gasteiger charge is 2.14. The minimum Gasteiger partial charge on any atom is -0.295 e. The molecule has 3 rings (SSSR count). The predicted molar refractivity (Wildman–Crippen MR) is 88.3 cm³/mol. The Bertz CT molecular complexity index is 784. The molecule has 0 atom stereocenters. The SMILES string of the molecule is Fc1cc2c(cc1Cl)nc(CCl)n2-c1ccc(I)cc1. The molecule has 2 aromatic carbocycles. The fraction of sp³-hybridized carbons (Fsp3) is 0.0714. The number of fused-ring (bicyclic) bond motifs is 1. The van der Waals surface area contributed by atoms with Crippen molar-refractivity contribution in [1.82, 2.24) is 9.55 Å². The van der Waals surface area contributed by atoms with Crippen LogP contribution in [0.4, 0.5) is 4.39 Å². The van der Waals surface area contributed by atoms with Crippen LogP contribution in [0.5, 0.6) is 0 Å². The summed E-state index contributed by atoms with van der Waals surface area (Å²) < 4.78 is 16.7. The third kappa shape index (κ3) is 2.40. The van der Waals surface area contributed by atoms with Gasteiger partial charge in [0.05, 0.1) is 21.9 Å². The maximum atomic E-state index is 13.7. The van der Waals surface area contributed by atoms with Gasteiger partial charge in [-0.25, -0.2) is 9.37 Å². The molecule has 3 aromatic rings. The van der Waals surface area contributed by atoms with Crippen molar-refractivity contribution in [2.75, 3.05) is 0 Å². The Labute approximate surface area is 138 Å². The number of hydrogen-bond acceptors (Lipinski definition) is 1. The molecule has 1 aromatic heterocycles. The summed E-state index contributed by atoms with van der Waals surface area (Å²) in [6.07, 6.45) is 0. The van der Waals surface area contributed by atoms with Crippen LogP contribution in [0.15, 0.2) is 36.4 Å². The second kappa shape index (κ2) is 5.50. The lowest BCUT2D eigenvalue weighted by Crippen LogP contribution is -1.99. The lowest BCUT2D eigenvalue weighted by molar-refractivity contribution is 0.629. The molecule has 6 heteroatoms. The number of halogens is 4. The van der Waals surface area contributed by atoms with Crippen LogP contribution in [0.1, 0.15) is 5.82 Å². The van der Waals surface area contributed by atoms with E-state index in [2.05, 4.69) is 27.6 Å². The van der Waals surface area contributed by atoms with Crippen molar-refractivity contribution < 1.29 is 4.39 Å². The second-order valence-electron chi connectivity index (χ2n) is 4.23. The van der Waals surface area contributed by atoms with E-state index in [0.717, 1.165) is 9.26 Å². The zero-order valence-corrected chi connectivity index (χ0v) is 13.7. The maximum Gasteiger partial charge on any atom is 0.144 e. The maximum absolute atomic E-state index is 13.7. The zero-order valence-electron chi connectivity index (χ0n) is 10.1. The van der Waals surface area contributed by atoms with Crippen LogP contribution >= 0.6 is 45.8 Å². The Morgan fingerprint density at radius 1 is 1.20 bits per heavy atom. The van der Waals surface area contributed by atoms with Gasteiger partial charge in [0.15, 0.2) is 0 Å². The molecular formula is C14H8Cl2FIN2. The van der Waals surface area contributed by atoms with E-state index in [-0.39, 0.29) is 10.9 Å². The van der Waals surface area contributed by atoms with E-state index in [1.165, 1.54) is 12.1 Å². The Kier molecular flexibility index (Phi) is 3.88. The van der Waals surface area contributed by atoms with Gasteiger partial charge in [-0.05, 0) is 52.9 Å². The molecule has 1 heterocycles. The standard InChI is InChI=1S/C14H8Cl2FIN2/c15-7-14-19-12-5-10(16)11(17)6-13(12)20(14)9-3-1-8(18)2-4-9/h1-6H,7H2. The highest BCUT2D eigenvalue weighted by atomic mass is 127. The fourth-order valence-corrected chi connectivity index (χ4v) is 2.79. The summed E-state index contributed by atoms with van der Waals surface area (Å²) in [7, 11) is 0. The van der Waals surface area contributed by atoms with Crippen molar-refractivity contribution in [3.05, 3.63) is 56.6 Å². The van der Waals surface area contributed by atoms with Crippen LogP contribution < -0.4 is 0 Å². The normalized spacial score (nSPS) is 11.2. The van der Waals surface area contributed by atoms with Crippen LogP contribution in [-0.2, 0) is 5.88 Å². The van der Waals surface area contributed by atoms with E-state index < -0.39 is 5.82 Å². The zero-order chi connectivity index (χ0) is 14.3. The molecule has 0 fully saturated rings. The van der Waals surface area contributed by atoms with Crippen molar-refractivity contribution in [3.63, 3.8) is 0 Å². The van der Waals surface area contributed by atoms with Gasteiger partial charge in [0.2, 0.25) is 0 Å². The van der Waals surface area contributed by atoms with Gasteiger partial charge < -0.3 is 0 Å². The predicted octanol–water partition coefficient (Wildman–Crippen LogP) is 5.16. The van der Waals surface area contributed by atoms with Gasteiger partial charge in [-0.1, -0.05) is 11.6 Å². The largest absolute Gasteiger partial charge is 0.295 e. The highest BCUT2D eigenvalue weighted by Crippen LogP contribution is 2.27. The molecule has 0 radical (unpaired) electrons. The molecule has 0 aliphatic heterocycles. The van der Waals surface area contributed by atoms with Crippen LogP contribution in [0.2, 0.25) is 5.02 Å². The molecular weight excluding hydrogens is 413 g/mol. The molecule has 20 heavy (non-hydrogen) atoms. The van der Waals surface area contributed by atoms with Gasteiger partial charge in [-0.3, -0.25) is 4.57 Å². The third-order valence-electron chi connectivity index (χ3n) is 2.97. The number of rotatable bonds is 2. The average Bonchev–Trinajstić information content (AvgIpc) is 2.78. The van der Waals surface area contributed by atoms with Crippen molar-refractivity contribution in [3.8, 4) is 5.69 Å². The Morgan fingerprint density at radius 2 is 1.90 bits per heavy atom. The number of imidazole rings is 1. The summed E-state index contributed by atoms with van der Waals surface area (Å²) in [5.41, 5.74) is 2.18.